The third kappa shape index (κ3) is 10.0. The molecule has 0 rings (SSSR count). The molecule has 0 aliphatic rings. The Kier molecular flexibility index (Phi) is 11.1. The lowest BCUT2D eigenvalue weighted by molar-refractivity contribution is 0.775. The second-order valence-corrected chi connectivity index (χ2v) is 4.04. The van der Waals surface area contributed by atoms with Gasteiger partial charge in [0.05, 0.1) is 0 Å². The molecule has 72 valence electrons. The number of unbranched alkanes of at least 4 members (excludes halogenated alkanes) is 2. The minimum atomic E-state index is 0.940. The van der Waals surface area contributed by atoms with Gasteiger partial charge in [-0.05, 0) is 12.2 Å². The summed E-state index contributed by atoms with van der Waals surface area (Å²) in [4.78, 5) is 0. The predicted octanol–water partition coefficient (Wildman–Crippen LogP) is 2.69. The first kappa shape index (κ1) is 12.0. The van der Waals surface area contributed by atoms with Crippen molar-refractivity contribution in [2.45, 2.75) is 26.2 Å². The Morgan fingerprint density at radius 1 is 1.33 bits per heavy atom. The third-order valence-electron chi connectivity index (χ3n) is 1.60. The summed E-state index contributed by atoms with van der Waals surface area (Å²) in [6, 6.07) is 0. The van der Waals surface area contributed by atoms with Crippen molar-refractivity contribution in [2.24, 2.45) is 0 Å². The summed E-state index contributed by atoms with van der Waals surface area (Å²) in [6.07, 6.45) is 5.99. The van der Waals surface area contributed by atoms with Gasteiger partial charge in [-0.3, -0.25) is 0 Å². The molecular formula is C10H21NS. The second kappa shape index (κ2) is 11.1. The fourth-order valence-electron chi connectivity index (χ4n) is 0.905. The van der Waals surface area contributed by atoms with Gasteiger partial charge in [0.15, 0.2) is 0 Å². The second-order valence-electron chi connectivity index (χ2n) is 2.81. The molecule has 0 aromatic carbocycles. The molecule has 0 aliphatic heterocycles. The third-order valence-corrected chi connectivity index (χ3v) is 2.67. The Balaban J connectivity index is 2.77. The number of rotatable bonds is 9. The average Bonchev–Trinajstić information content (AvgIpc) is 2.10. The largest absolute Gasteiger partial charge is 0.312 e. The van der Waals surface area contributed by atoms with E-state index in [0.717, 1.165) is 13.1 Å². The molecule has 12 heavy (non-hydrogen) atoms. The number of hydrogen-bond donors (Lipinski definition) is 1. The molecule has 0 fully saturated rings. The first-order valence-electron chi connectivity index (χ1n) is 4.81. The van der Waals surface area contributed by atoms with Gasteiger partial charge in [0.2, 0.25) is 0 Å². The van der Waals surface area contributed by atoms with E-state index in [1.54, 1.807) is 0 Å². The lowest BCUT2D eigenvalue weighted by Crippen LogP contribution is -2.16. The Hall–Kier alpha value is 0.0500. The van der Waals surface area contributed by atoms with Gasteiger partial charge in [-0.25, -0.2) is 0 Å². The Labute approximate surface area is 81.0 Å². The van der Waals surface area contributed by atoms with E-state index in [-0.39, 0.29) is 0 Å². The van der Waals surface area contributed by atoms with Crippen LogP contribution in [0.2, 0.25) is 0 Å². The van der Waals surface area contributed by atoms with Crippen molar-refractivity contribution in [3.05, 3.63) is 12.7 Å². The van der Waals surface area contributed by atoms with Crippen LogP contribution in [0.25, 0.3) is 0 Å². The van der Waals surface area contributed by atoms with Crippen LogP contribution in [0.5, 0.6) is 0 Å². The van der Waals surface area contributed by atoms with Crippen molar-refractivity contribution in [3.8, 4) is 0 Å². The van der Waals surface area contributed by atoms with Crippen LogP contribution in [0.1, 0.15) is 26.2 Å². The molecule has 0 bridgehead atoms. The lowest BCUT2D eigenvalue weighted by Gasteiger charge is -2.01. The van der Waals surface area contributed by atoms with Crippen LogP contribution in [-0.2, 0) is 0 Å². The number of hydrogen-bond acceptors (Lipinski definition) is 2. The molecule has 0 aromatic heterocycles. The topological polar surface area (TPSA) is 12.0 Å². The predicted molar refractivity (Wildman–Crippen MR) is 59.9 cm³/mol. The molecule has 0 radical (unpaired) electrons. The van der Waals surface area contributed by atoms with Gasteiger partial charge in [0.1, 0.15) is 0 Å². The maximum absolute atomic E-state index is 3.65. The van der Waals surface area contributed by atoms with Gasteiger partial charge in [-0.2, -0.15) is 11.8 Å². The molecule has 0 amide bonds. The summed E-state index contributed by atoms with van der Waals surface area (Å²) >= 11 is 2.05. The SMILES string of the molecule is C=CCNCCSCCCCC. The normalized spacial score (nSPS) is 10.1. The molecule has 0 saturated heterocycles. The highest BCUT2D eigenvalue weighted by Crippen LogP contribution is 2.04. The maximum Gasteiger partial charge on any atom is 0.0132 e. The highest BCUT2D eigenvalue weighted by molar-refractivity contribution is 7.99. The van der Waals surface area contributed by atoms with Crippen LogP contribution in [0, 0.1) is 0 Å². The Bertz CT molecular complexity index is 93.8. The molecule has 0 aromatic rings. The Morgan fingerprint density at radius 3 is 2.83 bits per heavy atom. The molecule has 1 nitrogen and oxygen atoms in total. The average molecular weight is 187 g/mol. The first-order valence-corrected chi connectivity index (χ1v) is 5.96. The van der Waals surface area contributed by atoms with Crippen LogP contribution in [0.15, 0.2) is 12.7 Å². The zero-order valence-electron chi connectivity index (χ0n) is 8.14. The summed E-state index contributed by atoms with van der Waals surface area (Å²) in [5, 5.41) is 3.29. The lowest BCUT2D eigenvalue weighted by atomic mass is 10.3. The van der Waals surface area contributed by atoms with Crippen molar-refractivity contribution in [2.75, 3.05) is 24.6 Å². The molecule has 0 spiro atoms. The van der Waals surface area contributed by atoms with E-state index in [9.17, 15) is 0 Å². The quantitative estimate of drug-likeness (QED) is 0.440. The smallest absolute Gasteiger partial charge is 0.0132 e. The summed E-state index contributed by atoms with van der Waals surface area (Å²) < 4.78 is 0. The van der Waals surface area contributed by atoms with Crippen LogP contribution < -0.4 is 5.32 Å². The van der Waals surface area contributed by atoms with Crippen LogP contribution in [-0.4, -0.2) is 24.6 Å². The summed E-state index contributed by atoms with van der Waals surface area (Å²) in [6.45, 7) is 7.95. The minimum absolute atomic E-state index is 0.940. The highest BCUT2D eigenvalue weighted by atomic mass is 32.2. The van der Waals surface area contributed by atoms with Crippen molar-refractivity contribution in [1.29, 1.82) is 0 Å². The first-order chi connectivity index (χ1) is 5.91. The molecule has 1 N–H and O–H groups in total. The molecule has 0 aliphatic carbocycles. The van der Waals surface area contributed by atoms with E-state index >= 15 is 0 Å². The Morgan fingerprint density at radius 2 is 2.17 bits per heavy atom. The number of nitrogens with one attached hydrogen (secondary N) is 1. The van der Waals surface area contributed by atoms with Crippen molar-refractivity contribution in [3.63, 3.8) is 0 Å². The summed E-state index contributed by atoms with van der Waals surface area (Å²) in [7, 11) is 0. The maximum atomic E-state index is 3.65. The standard InChI is InChI=1S/C10H21NS/c1-3-5-6-9-12-10-8-11-7-4-2/h4,11H,2-3,5-10H2,1H3. The highest BCUT2D eigenvalue weighted by Gasteiger charge is 1.88. The zero-order valence-corrected chi connectivity index (χ0v) is 8.96. The van der Waals surface area contributed by atoms with Gasteiger partial charge in [-0.1, -0.05) is 25.8 Å². The molecule has 0 saturated carbocycles. The molecular weight excluding hydrogens is 166 g/mol. The molecule has 0 heterocycles. The van der Waals surface area contributed by atoms with Gasteiger partial charge < -0.3 is 5.32 Å². The molecule has 2 heteroatoms. The van der Waals surface area contributed by atoms with Gasteiger partial charge in [0, 0.05) is 18.8 Å². The van der Waals surface area contributed by atoms with E-state index in [0.29, 0.717) is 0 Å². The minimum Gasteiger partial charge on any atom is -0.312 e. The van der Waals surface area contributed by atoms with Crippen molar-refractivity contribution >= 4 is 11.8 Å². The molecule has 0 atom stereocenters. The zero-order chi connectivity index (χ0) is 9.07. The fourth-order valence-corrected chi connectivity index (χ4v) is 1.81. The fraction of sp³-hybridized carbons (Fsp3) is 0.800. The van der Waals surface area contributed by atoms with Crippen LogP contribution in [0.4, 0.5) is 0 Å². The monoisotopic (exact) mass is 187 g/mol. The van der Waals surface area contributed by atoms with Gasteiger partial charge in [-0.15, -0.1) is 6.58 Å². The van der Waals surface area contributed by atoms with Gasteiger partial charge >= 0.3 is 0 Å². The van der Waals surface area contributed by atoms with Gasteiger partial charge in [0.25, 0.3) is 0 Å². The van der Waals surface area contributed by atoms with Crippen LogP contribution in [0.3, 0.4) is 0 Å². The summed E-state index contributed by atoms with van der Waals surface area (Å²) in [5.41, 5.74) is 0. The van der Waals surface area contributed by atoms with E-state index in [1.807, 2.05) is 17.8 Å². The molecule has 0 unspecified atom stereocenters. The van der Waals surface area contributed by atoms with E-state index < -0.39 is 0 Å². The van der Waals surface area contributed by atoms with E-state index in [2.05, 4.69) is 18.8 Å². The van der Waals surface area contributed by atoms with Crippen molar-refractivity contribution in [1.82, 2.24) is 5.32 Å². The van der Waals surface area contributed by atoms with Crippen molar-refractivity contribution < 1.29 is 0 Å². The van der Waals surface area contributed by atoms with E-state index in [4.69, 9.17) is 0 Å². The number of thioether (sulfide) groups is 1. The summed E-state index contributed by atoms with van der Waals surface area (Å²) in [5.74, 6) is 2.56. The van der Waals surface area contributed by atoms with Crippen LogP contribution >= 0.6 is 11.8 Å². The van der Waals surface area contributed by atoms with E-state index in [1.165, 1.54) is 30.8 Å².